The number of hydrogen-bond acceptors (Lipinski definition) is 5. The van der Waals surface area contributed by atoms with E-state index in [0.717, 1.165) is 6.26 Å². The minimum atomic E-state index is -3.11. The zero-order valence-electron chi connectivity index (χ0n) is 12.0. The average molecular weight is 305 g/mol. The molecule has 3 N–H and O–H groups in total. The van der Waals surface area contributed by atoms with Crippen LogP contribution >= 0.6 is 0 Å². The number of nitrogens with two attached hydrogens (primary N) is 1. The number of nitrogens with one attached hydrogen (secondary N) is 1. The fraction of sp³-hybridized carbons (Fsp3) is 0.833. The number of carbonyl (C=O) groups excluding carboxylic acids is 2. The first-order chi connectivity index (χ1) is 9.24. The van der Waals surface area contributed by atoms with E-state index in [1.54, 1.807) is 11.9 Å². The van der Waals surface area contributed by atoms with Crippen LogP contribution in [0.3, 0.4) is 0 Å². The van der Waals surface area contributed by atoms with Crippen LogP contribution in [0.4, 0.5) is 0 Å². The quantitative estimate of drug-likeness (QED) is 0.658. The van der Waals surface area contributed by atoms with Gasteiger partial charge >= 0.3 is 0 Å². The van der Waals surface area contributed by atoms with Crippen LogP contribution in [0, 0.1) is 5.92 Å². The summed E-state index contributed by atoms with van der Waals surface area (Å²) >= 11 is 0. The molecule has 0 aliphatic carbocycles. The predicted octanol–water partition coefficient (Wildman–Crippen LogP) is -1.27. The molecular formula is C12H23N3O4S. The van der Waals surface area contributed by atoms with Crippen molar-refractivity contribution in [3.63, 3.8) is 0 Å². The number of rotatable bonds is 5. The van der Waals surface area contributed by atoms with Gasteiger partial charge in [0, 0.05) is 32.3 Å². The van der Waals surface area contributed by atoms with Crippen molar-refractivity contribution < 1.29 is 18.0 Å². The fourth-order valence-electron chi connectivity index (χ4n) is 2.27. The molecule has 0 spiro atoms. The Morgan fingerprint density at radius 2 is 1.90 bits per heavy atom. The Bertz CT molecular complexity index is 455. The van der Waals surface area contributed by atoms with Crippen LogP contribution < -0.4 is 11.1 Å². The van der Waals surface area contributed by atoms with Crippen molar-refractivity contribution in [2.75, 3.05) is 32.1 Å². The number of nitrogens with zero attached hydrogens (tertiary/aromatic N) is 1. The van der Waals surface area contributed by atoms with Crippen molar-refractivity contribution in [1.82, 2.24) is 10.2 Å². The molecule has 1 fully saturated rings. The lowest BCUT2D eigenvalue weighted by Crippen LogP contribution is -2.49. The molecule has 0 bridgehead atoms. The highest BCUT2D eigenvalue weighted by Gasteiger charge is 2.29. The Morgan fingerprint density at radius 1 is 1.35 bits per heavy atom. The van der Waals surface area contributed by atoms with Crippen LogP contribution in [0.2, 0.25) is 0 Å². The fourth-order valence-corrected chi connectivity index (χ4v) is 2.95. The number of carbonyl (C=O) groups is 2. The van der Waals surface area contributed by atoms with Gasteiger partial charge in [-0.3, -0.25) is 9.59 Å². The molecule has 0 aromatic carbocycles. The molecule has 1 unspecified atom stereocenters. The van der Waals surface area contributed by atoms with Gasteiger partial charge in [0.1, 0.15) is 9.84 Å². The average Bonchev–Trinajstić information content (AvgIpc) is 2.42. The number of sulfone groups is 1. The summed E-state index contributed by atoms with van der Waals surface area (Å²) in [6.07, 6.45) is 2.49. The zero-order chi connectivity index (χ0) is 15.3. The lowest BCUT2D eigenvalue weighted by atomic mass is 9.95. The Morgan fingerprint density at radius 3 is 2.35 bits per heavy atom. The Kier molecular flexibility index (Phi) is 5.94. The summed E-state index contributed by atoms with van der Waals surface area (Å²) in [6, 6.07) is -0.790. The van der Waals surface area contributed by atoms with Crippen LogP contribution in [-0.4, -0.2) is 63.3 Å². The van der Waals surface area contributed by atoms with Gasteiger partial charge in [-0.25, -0.2) is 8.42 Å². The molecule has 0 saturated carbocycles. The second kappa shape index (κ2) is 7.03. The van der Waals surface area contributed by atoms with Gasteiger partial charge in [-0.2, -0.15) is 0 Å². The molecular weight excluding hydrogens is 282 g/mol. The topological polar surface area (TPSA) is 110 Å². The molecule has 0 aromatic heterocycles. The predicted molar refractivity (Wildman–Crippen MR) is 75.7 cm³/mol. The van der Waals surface area contributed by atoms with Crippen LogP contribution in [0.15, 0.2) is 0 Å². The highest BCUT2D eigenvalue weighted by Crippen LogP contribution is 2.18. The monoisotopic (exact) mass is 305 g/mol. The molecule has 8 heteroatoms. The molecule has 1 heterocycles. The molecule has 20 heavy (non-hydrogen) atoms. The minimum Gasteiger partial charge on any atom is -0.359 e. The number of amides is 2. The van der Waals surface area contributed by atoms with E-state index in [1.807, 2.05) is 0 Å². The van der Waals surface area contributed by atoms with Crippen molar-refractivity contribution >= 4 is 21.7 Å². The van der Waals surface area contributed by atoms with Crippen LogP contribution in [0.1, 0.15) is 19.3 Å². The number of piperidine rings is 1. The molecule has 1 aliphatic heterocycles. The van der Waals surface area contributed by atoms with Gasteiger partial charge in [0.2, 0.25) is 11.8 Å². The van der Waals surface area contributed by atoms with Gasteiger partial charge in [0.25, 0.3) is 0 Å². The summed E-state index contributed by atoms with van der Waals surface area (Å²) < 4.78 is 22.1. The van der Waals surface area contributed by atoms with Crippen molar-refractivity contribution in [2.45, 2.75) is 25.3 Å². The molecule has 2 amide bonds. The number of likely N-dealkylation sites (tertiary alicyclic amines) is 1. The van der Waals surface area contributed by atoms with Crippen molar-refractivity contribution in [1.29, 1.82) is 0 Å². The maximum atomic E-state index is 12.1. The Balaban J connectivity index is 2.44. The maximum Gasteiger partial charge on any atom is 0.239 e. The second-order valence-electron chi connectivity index (χ2n) is 5.24. The van der Waals surface area contributed by atoms with E-state index in [4.69, 9.17) is 5.73 Å². The van der Waals surface area contributed by atoms with E-state index >= 15 is 0 Å². The van der Waals surface area contributed by atoms with E-state index < -0.39 is 15.9 Å². The largest absolute Gasteiger partial charge is 0.359 e. The third kappa shape index (κ3) is 5.09. The van der Waals surface area contributed by atoms with Gasteiger partial charge in [-0.05, 0) is 19.3 Å². The summed E-state index contributed by atoms with van der Waals surface area (Å²) in [4.78, 5) is 25.2. The van der Waals surface area contributed by atoms with Gasteiger partial charge in [0.05, 0.1) is 11.8 Å². The molecule has 0 aromatic rings. The van der Waals surface area contributed by atoms with Gasteiger partial charge in [0.15, 0.2) is 0 Å². The van der Waals surface area contributed by atoms with Gasteiger partial charge in [-0.1, -0.05) is 0 Å². The lowest BCUT2D eigenvalue weighted by molar-refractivity contribution is -0.136. The molecule has 0 radical (unpaired) electrons. The third-order valence-corrected chi connectivity index (χ3v) is 4.52. The molecule has 116 valence electrons. The highest BCUT2D eigenvalue weighted by atomic mass is 32.2. The Labute approximate surface area is 119 Å². The maximum absolute atomic E-state index is 12.1. The van der Waals surface area contributed by atoms with E-state index in [-0.39, 0.29) is 29.9 Å². The molecule has 1 rings (SSSR count). The van der Waals surface area contributed by atoms with Crippen molar-refractivity contribution in [3.05, 3.63) is 0 Å². The number of hydrogen-bond donors (Lipinski definition) is 2. The molecule has 7 nitrogen and oxygen atoms in total. The Hall–Kier alpha value is -1.15. The SMILES string of the molecule is CNC(=O)C1CCN(C(=O)C(N)CCS(C)(=O)=O)CC1. The first-order valence-electron chi connectivity index (χ1n) is 6.68. The van der Waals surface area contributed by atoms with E-state index in [9.17, 15) is 18.0 Å². The standard InChI is InChI=1S/C12H23N3O4S/c1-14-11(16)9-3-6-15(7-4-9)12(17)10(13)5-8-20(2,18)19/h9-10H,3-8,13H2,1-2H3,(H,14,16). The summed E-state index contributed by atoms with van der Waals surface area (Å²) in [5.74, 6) is -0.381. The lowest BCUT2D eigenvalue weighted by Gasteiger charge is -2.32. The van der Waals surface area contributed by atoms with Crippen molar-refractivity contribution in [3.8, 4) is 0 Å². The van der Waals surface area contributed by atoms with Crippen molar-refractivity contribution in [2.24, 2.45) is 11.7 Å². The highest BCUT2D eigenvalue weighted by molar-refractivity contribution is 7.90. The van der Waals surface area contributed by atoms with Crippen LogP contribution in [-0.2, 0) is 19.4 Å². The summed E-state index contributed by atoms with van der Waals surface area (Å²) in [6.45, 7) is 0.979. The first-order valence-corrected chi connectivity index (χ1v) is 8.74. The zero-order valence-corrected chi connectivity index (χ0v) is 12.8. The normalized spacial score (nSPS) is 18.6. The smallest absolute Gasteiger partial charge is 0.239 e. The first kappa shape index (κ1) is 16.9. The van der Waals surface area contributed by atoms with Gasteiger partial charge < -0.3 is 16.0 Å². The minimum absolute atomic E-state index is 0.00141. The molecule has 1 aliphatic rings. The van der Waals surface area contributed by atoms with E-state index in [0.29, 0.717) is 25.9 Å². The summed E-state index contributed by atoms with van der Waals surface area (Å²) in [5, 5.41) is 2.60. The van der Waals surface area contributed by atoms with E-state index in [1.165, 1.54) is 0 Å². The van der Waals surface area contributed by atoms with Crippen LogP contribution in [0.25, 0.3) is 0 Å². The summed E-state index contributed by atoms with van der Waals surface area (Å²) in [5.41, 5.74) is 5.74. The summed E-state index contributed by atoms with van der Waals surface area (Å²) in [7, 11) is -1.51. The molecule has 1 atom stereocenters. The third-order valence-electron chi connectivity index (χ3n) is 3.54. The van der Waals surface area contributed by atoms with Crippen LogP contribution in [0.5, 0.6) is 0 Å². The molecule has 1 saturated heterocycles. The van der Waals surface area contributed by atoms with Gasteiger partial charge in [-0.15, -0.1) is 0 Å². The second-order valence-corrected chi connectivity index (χ2v) is 7.50. The van der Waals surface area contributed by atoms with E-state index in [2.05, 4.69) is 5.32 Å².